The predicted octanol–water partition coefficient (Wildman–Crippen LogP) is 2.61. The van der Waals surface area contributed by atoms with E-state index in [2.05, 4.69) is 23.1 Å². The standard InChI is InChI=1S/C18H23N3O2/c1-20(18(22)15-10-16(11-19)23-13-15)12-14-6-2-3-7-17(14)21-8-4-5-9-21/h2-3,6-7,10,13H,4-5,8-9,11-12,19H2,1H3. The van der Waals surface area contributed by atoms with Gasteiger partial charge in [0.25, 0.3) is 5.91 Å². The minimum Gasteiger partial charge on any atom is -0.467 e. The molecule has 0 atom stereocenters. The topological polar surface area (TPSA) is 62.7 Å². The van der Waals surface area contributed by atoms with E-state index in [-0.39, 0.29) is 5.91 Å². The molecule has 0 radical (unpaired) electrons. The van der Waals surface area contributed by atoms with Crippen molar-refractivity contribution in [1.82, 2.24) is 4.90 Å². The molecule has 3 rings (SSSR count). The lowest BCUT2D eigenvalue weighted by Crippen LogP contribution is -2.27. The Labute approximate surface area is 136 Å². The SMILES string of the molecule is CN(Cc1ccccc1N1CCCC1)C(=O)c1coc(CN)c1. The van der Waals surface area contributed by atoms with Crippen molar-refractivity contribution in [3.8, 4) is 0 Å². The van der Waals surface area contributed by atoms with Crippen LogP contribution in [0, 0.1) is 0 Å². The molecule has 5 heteroatoms. The van der Waals surface area contributed by atoms with Crippen molar-refractivity contribution in [3.05, 3.63) is 53.5 Å². The summed E-state index contributed by atoms with van der Waals surface area (Å²) in [5.41, 5.74) is 8.49. The number of benzene rings is 1. The van der Waals surface area contributed by atoms with Gasteiger partial charge in [0.1, 0.15) is 12.0 Å². The van der Waals surface area contributed by atoms with Gasteiger partial charge < -0.3 is 20.0 Å². The van der Waals surface area contributed by atoms with Gasteiger partial charge in [-0.25, -0.2) is 0 Å². The Morgan fingerprint density at radius 1 is 1.30 bits per heavy atom. The quantitative estimate of drug-likeness (QED) is 0.921. The molecule has 2 N–H and O–H groups in total. The zero-order chi connectivity index (χ0) is 16.2. The van der Waals surface area contributed by atoms with Gasteiger partial charge in [0.15, 0.2) is 0 Å². The summed E-state index contributed by atoms with van der Waals surface area (Å²) in [5, 5.41) is 0. The van der Waals surface area contributed by atoms with Crippen molar-refractivity contribution >= 4 is 11.6 Å². The minimum atomic E-state index is -0.0512. The van der Waals surface area contributed by atoms with Crippen LogP contribution in [0.2, 0.25) is 0 Å². The lowest BCUT2D eigenvalue weighted by atomic mass is 10.1. The molecule has 0 unspecified atom stereocenters. The predicted molar refractivity (Wildman–Crippen MR) is 90.3 cm³/mol. The van der Waals surface area contributed by atoms with E-state index < -0.39 is 0 Å². The number of carbonyl (C=O) groups is 1. The summed E-state index contributed by atoms with van der Waals surface area (Å²) in [6.07, 6.45) is 3.95. The van der Waals surface area contributed by atoms with Crippen molar-refractivity contribution in [1.29, 1.82) is 0 Å². The van der Waals surface area contributed by atoms with Crippen LogP contribution in [0.3, 0.4) is 0 Å². The number of para-hydroxylation sites is 1. The second kappa shape index (κ2) is 6.87. The van der Waals surface area contributed by atoms with Gasteiger partial charge in [0.2, 0.25) is 0 Å². The van der Waals surface area contributed by atoms with Gasteiger partial charge in [-0.3, -0.25) is 4.79 Å². The van der Waals surface area contributed by atoms with Crippen molar-refractivity contribution in [2.45, 2.75) is 25.9 Å². The first-order valence-corrected chi connectivity index (χ1v) is 8.05. The van der Waals surface area contributed by atoms with E-state index in [9.17, 15) is 4.79 Å². The zero-order valence-electron chi connectivity index (χ0n) is 13.5. The van der Waals surface area contributed by atoms with Crippen molar-refractivity contribution < 1.29 is 9.21 Å². The van der Waals surface area contributed by atoms with E-state index in [1.54, 1.807) is 11.0 Å². The summed E-state index contributed by atoms with van der Waals surface area (Å²) in [4.78, 5) is 16.6. The molecule has 0 spiro atoms. The van der Waals surface area contributed by atoms with E-state index in [1.807, 2.05) is 13.1 Å². The third kappa shape index (κ3) is 3.40. The van der Waals surface area contributed by atoms with Crippen molar-refractivity contribution in [2.24, 2.45) is 5.73 Å². The molecule has 23 heavy (non-hydrogen) atoms. The van der Waals surface area contributed by atoms with Crippen LogP contribution in [0.4, 0.5) is 5.69 Å². The number of nitrogens with zero attached hydrogens (tertiary/aromatic N) is 2. The fraction of sp³-hybridized carbons (Fsp3) is 0.389. The Morgan fingerprint density at radius 2 is 2.04 bits per heavy atom. The van der Waals surface area contributed by atoms with Crippen LogP contribution in [0.1, 0.15) is 34.5 Å². The molecule has 0 aliphatic carbocycles. The molecule has 1 aliphatic rings. The highest BCUT2D eigenvalue weighted by Gasteiger charge is 2.19. The third-order valence-corrected chi connectivity index (χ3v) is 4.29. The number of hydrogen-bond donors (Lipinski definition) is 1. The fourth-order valence-corrected chi connectivity index (χ4v) is 3.06. The number of hydrogen-bond acceptors (Lipinski definition) is 4. The first kappa shape index (κ1) is 15.6. The van der Waals surface area contributed by atoms with E-state index in [4.69, 9.17) is 10.2 Å². The normalized spacial score (nSPS) is 14.3. The highest BCUT2D eigenvalue weighted by Crippen LogP contribution is 2.25. The Morgan fingerprint density at radius 3 is 2.74 bits per heavy atom. The van der Waals surface area contributed by atoms with Gasteiger partial charge in [0.05, 0.1) is 12.1 Å². The maximum Gasteiger partial charge on any atom is 0.257 e. The lowest BCUT2D eigenvalue weighted by molar-refractivity contribution is 0.0784. The highest BCUT2D eigenvalue weighted by molar-refractivity contribution is 5.93. The van der Waals surface area contributed by atoms with E-state index >= 15 is 0 Å². The van der Waals surface area contributed by atoms with Crippen LogP contribution in [0.5, 0.6) is 0 Å². The molecule has 1 aromatic carbocycles. The second-order valence-corrected chi connectivity index (χ2v) is 5.99. The molecular formula is C18H23N3O2. The third-order valence-electron chi connectivity index (χ3n) is 4.29. The smallest absolute Gasteiger partial charge is 0.257 e. The summed E-state index contributed by atoms with van der Waals surface area (Å²) < 4.78 is 5.26. The number of rotatable bonds is 5. The van der Waals surface area contributed by atoms with Crippen LogP contribution in [0.15, 0.2) is 41.0 Å². The van der Waals surface area contributed by atoms with Crippen LogP contribution in [-0.2, 0) is 13.1 Å². The summed E-state index contributed by atoms with van der Waals surface area (Å²) >= 11 is 0. The molecule has 1 aliphatic heterocycles. The van der Waals surface area contributed by atoms with Crippen LogP contribution in [-0.4, -0.2) is 30.9 Å². The van der Waals surface area contributed by atoms with Gasteiger partial charge in [-0.15, -0.1) is 0 Å². The van der Waals surface area contributed by atoms with Crippen molar-refractivity contribution in [2.75, 3.05) is 25.0 Å². The summed E-state index contributed by atoms with van der Waals surface area (Å²) in [6, 6.07) is 10.0. The maximum absolute atomic E-state index is 12.5. The average molecular weight is 313 g/mol. The highest BCUT2D eigenvalue weighted by atomic mass is 16.3. The first-order valence-electron chi connectivity index (χ1n) is 8.05. The molecule has 1 saturated heterocycles. The molecule has 5 nitrogen and oxygen atoms in total. The number of anilines is 1. The largest absolute Gasteiger partial charge is 0.467 e. The Bertz CT molecular complexity index is 674. The summed E-state index contributed by atoms with van der Waals surface area (Å²) in [5.74, 6) is 0.573. The average Bonchev–Trinajstić information content (AvgIpc) is 3.26. The van der Waals surface area contributed by atoms with Crippen LogP contribution < -0.4 is 10.6 Å². The molecular weight excluding hydrogens is 290 g/mol. The van der Waals surface area contributed by atoms with E-state index in [1.165, 1.54) is 30.4 Å². The molecule has 1 fully saturated rings. The van der Waals surface area contributed by atoms with Gasteiger partial charge in [-0.2, -0.15) is 0 Å². The first-order chi connectivity index (χ1) is 11.2. The molecule has 1 aromatic heterocycles. The Hall–Kier alpha value is -2.27. The maximum atomic E-state index is 12.5. The zero-order valence-corrected chi connectivity index (χ0v) is 13.5. The molecule has 2 aromatic rings. The Kier molecular flexibility index (Phi) is 4.67. The number of carbonyl (C=O) groups excluding carboxylic acids is 1. The molecule has 0 bridgehead atoms. The van der Waals surface area contributed by atoms with Gasteiger partial charge >= 0.3 is 0 Å². The molecule has 122 valence electrons. The van der Waals surface area contributed by atoms with Gasteiger partial charge in [0, 0.05) is 32.4 Å². The fourth-order valence-electron chi connectivity index (χ4n) is 3.06. The van der Waals surface area contributed by atoms with Crippen LogP contribution >= 0.6 is 0 Å². The minimum absolute atomic E-state index is 0.0512. The summed E-state index contributed by atoms with van der Waals surface area (Å²) in [7, 11) is 1.82. The Balaban J connectivity index is 1.74. The number of amides is 1. The van der Waals surface area contributed by atoms with Crippen molar-refractivity contribution in [3.63, 3.8) is 0 Å². The molecule has 1 amide bonds. The second-order valence-electron chi connectivity index (χ2n) is 5.99. The number of nitrogens with two attached hydrogens (primary N) is 1. The van der Waals surface area contributed by atoms with Gasteiger partial charge in [-0.1, -0.05) is 18.2 Å². The van der Waals surface area contributed by atoms with E-state index in [0.29, 0.717) is 24.4 Å². The van der Waals surface area contributed by atoms with Gasteiger partial charge in [-0.05, 0) is 30.5 Å². The molecule has 2 heterocycles. The lowest BCUT2D eigenvalue weighted by Gasteiger charge is -2.24. The molecule has 0 saturated carbocycles. The number of furan rings is 1. The van der Waals surface area contributed by atoms with Crippen LogP contribution in [0.25, 0.3) is 0 Å². The summed E-state index contributed by atoms with van der Waals surface area (Å²) in [6.45, 7) is 3.07. The monoisotopic (exact) mass is 313 g/mol. The van der Waals surface area contributed by atoms with E-state index in [0.717, 1.165) is 13.1 Å².